The highest BCUT2D eigenvalue weighted by Crippen LogP contribution is 2.72. The minimum absolute atomic E-state index is 0.0747. The van der Waals surface area contributed by atoms with Crippen LogP contribution < -0.4 is 0 Å². The van der Waals surface area contributed by atoms with Gasteiger partial charge in [-0.15, -0.1) is 0 Å². The highest BCUT2D eigenvalue weighted by Gasteiger charge is 2.69. The Bertz CT molecular complexity index is 2500. The van der Waals surface area contributed by atoms with E-state index in [1.807, 2.05) is 0 Å². The van der Waals surface area contributed by atoms with Crippen molar-refractivity contribution in [2.75, 3.05) is 12.3 Å². The maximum Gasteiger partial charge on any atom is 0.303 e. The smallest absolute Gasteiger partial charge is 0.303 e. The molecule has 0 radical (unpaired) electrons. The molecule has 79 heavy (non-hydrogen) atoms. The van der Waals surface area contributed by atoms with E-state index in [2.05, 4.69) is 60.4 Å². The fraction of sp³-hybridized carbons (Fsp3) is 0.846. The molecule has 11 nitrogen and oxygen atoms in total. The average Bonchev–Trinajstić information content (AvgIpc) is 3.57. The van der Waals surface area contributed by atoms with Crippen molar-refractivity contribution in [2.45, 2.75) is 233 Å². The van der Waals surface area contributed by atoms with Gasteiger partial charge in [-0.3, -0.25) is 14.4 Å². The van der Waals surface area contributed by atoms with Crippen LogP contribution in [0, 0.1) is 111 Å². The molecule has 8 saturated carbocycles. The second-order valence-corrected chi connectivity index (χ2v) is 30.1. The molecule has 8 fully saturated rings. The molecule has 0 saturated heterocycles. The van der Waals surface area contributed by atoms with Gasteiger partial charge in [0, 0.05) is 32.1 Å². The lowest BCUT2D eigenvalue weighted by atomic mass is 9.41. The van der Waals surface area contributed by atoms with Crippen molar-refractivity contribution in [1.29, 1.82) is 0 Å². The molecule has 8 aliphatic rings. The number of aliphatic hydroxyl groups excluding tert-OH is 2. The van der Waals surface area contributed by atoms with Gasteiger partial charge < -0.3 is 19.7 Å². The minimum Gasteiger partial charge on any atom is -0.459 e. The Morgan fingerprint density at radius 1 is 0.684 bits per heavy atom. The summed E-state index contributed by atoms with van der Waals surface area (Å²) in [6.07, 6.45) is 12.2. The van der Waals surface area contributed by atoms with Gasteiger partial charge in [-0.1, -0.05) is 92.9 Å². The Kier molecular flexibility index (Phi) is 19.0. The summed E-state index contributed by atoms with van der Waals surface area (Å²) in [5.74, 6) is 1.21. The van der Waals surface area contributed by atoms with Gasteiger partial charge in [0.05, 0.1) is 23.6 Å². The number of nitrogens with zero attached hydrogens (tertiary/aromatic N) is 1. The van der Waals surface area contributed by atoms with Gasteiger partial charge in [0.15, 0.2) is 9.84 Å². The average molecular weight is 1120 g/mol. The van der Waals surface area contributed by atoms with E-state index in [1.54, 1.807) is 37.3 Å². The van der Waals surface area contributed by atoms with Crippen LogP contribution in [0.25, 0.3) is 0 Å². The molecule has 0 amide bonds. The van der Waals surface area contributed by atoms with Crippen molar-refractivity contribution >= 4 is 33.6 Å². The Hall–Kier alpha value is -3.06. The third-order valence-electron chi connectivity index (χ3n) is 24.6. The Morgan fingerprint density at radius 2 is 1.11 bits per heavy atom. The van der Waals surface area contributed by atoms with Crippen LogP contribution in [0.2, 0.25) is 0 Å². The molecular weight excluding hydrogens is 1020 g/mol. The molecule has 2 N–H and O–H groups in total. The fourth-order valence-corrected chi connectivity index (χ4v) is 22.7. The van der Waals surface area contributed by atoms with E-state index in [0.29, 0.717) is 79.2 Å². The molecule has 1 aromatic rings. The number of carbonyl (C=O) groups excluding carboxylic acids is 4. The second kappa shape index (κ2) is 24.3. The first-order chi connectivity index (χ1) is 37.2. The molecule has 0 aromatic heterocycles. The van der Waals surface area contributed by atoms with Crippen LogP contribution in [0.4, 0.5) is 8.78 Å². The van der Waals surface area contributed by atoms with Crippen LogP contribution in [-0.4, -0.2) is 91.5 Å². The first-order valence-electron chi connectivity index (χ1n) is 31.1. The maximum atomic E-state index is 16.2. The molecular formula is C65H99F2NO10S. The molecule has 0 heterocycles. The third kappa shape index (κ3) is 11.3. The van der Waals surface area contributed by atoms with Crippen molar-refractivity contribution < 1.29 is 56.1 Å². The van der Waals surface area contributed by atoms with Crippen LogP contribution in [0.1, 0.15) is 190 Å². The number of rotatable bonds is 16. The van der Waals surface area contributed by atoms with Gasteiger partial charge in [0.2, 0.25) is 6.08 Å². The number of isocyanates is 1. The fourth-order valence-electron chi connectivity index (χ4n) is 21.2. The summed E-state index contributed by atoms with van der Waals surface area (Å²) in [7, 11) is -3.65. The van der Waals surface area contributed by atoms with Crippen LogP contribution in [0.5, 0.6) is 0 Å². The highest BCUT2D eigenvalue weighted by atomic mass is 32.2. The SMILES string of the molecule is CC[C@@H]1[C@@H]2[C@@H](F)[C@H](OC(C)=O)CC[C@]2(C)C2CC[C@@]3(C)C(CCC3[C@H](C)CCCC(=O)CS(=O)(=O)c3ccccc3C)C2[C@@H]1O.CC[C@@H]1[C@@H]2[C@@H](F)[C@H](OC(C)=O)CC[C@]2(C)C2CC[C@@]3(C)C(CCC3[C@H](C)CCN=C=O)C2[C@@H]1O. The number of halogens is 2. The number of alkyl halides is 2. The summed E-state index contributed by atoms with van der Waals surface area (Å²) in [5.41, 5.74) is 0.493. The van der Waals surface area contributed by atoms with Gasteiger partial charge in [-0.25, -0.2) is 27.0 Å². The Labute approximate surface area is 472 Å². The number of ketones is 1. The number of hydrogen-bond donors (Lipinski definition) is 2. The lowest BCUT2D eigenvalue weighted by Crippen LogP contribution is -2.65. The first kappa shape index (κ1) is 62.0. The van der Waals surface area contributed by atoms with Crippen LogP contribution in [0.15, 0.2) is 34.2 Å². The van der Waals surface area contributed by atoms with Crippen molar-refractivity contribution in [1.82, 2.24) is 0 Å². The van der Waals surface area contributed by atoms with Crippen LogP contribution in [-0.2, 0) is 38.5 Å². The highest BCUT2D eigenvalue weighted by molar-refractivity contribution is 7.92. The predicted molar refractivity (Wildman–Crippen MR) is 301 cm³/mol. The summed E-state index contributed by atoms with van der Waals surface area (Å²) in [6, 6.07) is 6.81. The van der Waals surface area contributed by atoms with Gasteiger partial charge in [0.1, 0.15) is 36.1 Å². The topological polar surface area (TPSA) is 174 Å². The third-order valence-corrected chi connectivity index (χ3v) is 26.4. The number of Topliss-reactive ketones (excluding diaryl/α,β-unsaturated/α-hetero) is 1. The van der Waals surface area contributed by atoms with E-state index in [4.69, 9.17) is 9.47 Å². The summed E-state index contributed by atoms with van der Waals surface area (Å²) < 4.78 is 68.7. The standard InChI is InChI=1S/C37H55FO6S.C28H44FNO4/c1-7-26-33-34(38)30(44-24(4)39)18-20-37(33,6)29-17-19-36(5)27(15-16-28(36)32(29)35(26)41)22(2)12-10-13-25(40)21-45(42,43)31-14-9-8-11-23(31)3;1-6-18-24-25(29)22(34-17(3)32)10-13-28(24,5)21-9-12-27(4)19(16(2)11-14-30-15-31)7-8-20(27)23(21)26(18)33/h8-9,11,14,22,26-30,32-35,41H,7,10,12-13,15-21H2,1-6H3;16,18-26,33H,6-14H2,1-5H3/t22-,26-,27?,28?,29?,30-,32?,33-,34+,35-,36-,37-;16-,18-,19?,20?,21?,22-,23?,24-,25+,26-,27-,28-/m11/s1. The van der Waals surface area contributed by atoms with Crippen LogP contribution >= 0.6 is 0 Å². The number of hydrogen-bond acceptors (Lipinski definition) is 11. The number of aliphatic imine (C=N–C) groups is 1. The summed E-state index contributed by atoms with van der Waals surface area (Å²) in [4.78, 5) is 50.6. The number of esters is 2. The van der Waals surface area contributed by atoms with Gasteiger partial charge in [0.25, 0.3) is 0 Å². The van der Waals surface area contributed by atoms with E-state index in [0.717, 1.165) is 83.5 Å². The number of fused-ring (bicyclic) bond motifs is 10. The quantitative estimate of drug-likeness (QED) is 0.0921. The number of aliphatic hydroxyl groups is 2. The Balaban J connectivity index is 0.000000216. The van der Waals surface area contributed by atoms with E-state index in [-0.39, 0.29) is 80.2 Å². The summed E-state index contributed by atoms with van der Waals surface area (Å²) >= 11 is 0. The zero-order valence-corrected chi connectivity index (χ0v) is 50.6. The zero-order chi connectivity index (χ0) is 57.7. The molecule has 0 aliphatic heterocycles. The molecule has 9 rings (SSSR count). The van der Waals surface area contributed by atoms with E-state index >= 15 is 8.78 Å². The number of aryl methyl sites for hydroxylation is 1. The number of ether oxygens (including phenoxy) is 2. The largest absolute Gasteiger partial charge is 0.459 e. The van der Waals surface area contributed by atoms with Crippen molar-refractivity contribution in [2.24, 2.45) is 110 Å². The maximum absolute atomic E-state index is 16.2. The number of sulfone groups is 1. The molecule has 24 atom stereocenters. The van der Waals surface area contributed by atoms with Gasteiger partial charge >= 0.3 is 11.9 Å². The minimum atomic E-state index is -3.65. The monoisotopic (exact) mass is 1120 g/mol. The molecule has 0 bridgehead atoms. The molecule has 0 spiro atoms. The van der Waals surface area contributed by atoms with Crippen LogP contribution in [0.3, 0.4) is 0 Å². The summed E-state index contributed by atoms with van der Waals surface area (Å²) in [6.45, 7) is 23.1. The van der Waals surface area contributed by atoms with Gasteiger partial charge in [-0.05, 0) is 201 Å². The van der Waals surface area contributed by atoms with Crippen molar-refractivity contribution in [3.8, 4) is 0 Å². The molecule has 14 heteroatoms. The molecule has 1 aromatic carbocycles. The molecule has 444 valence electrons. The van der Waals surface area contributed by atoms with Crippen molar-refractivity contribution in [3.05, 3.63) is 29.8 Å². The molecule has 8 aliphatic carbocycles. The van der Waals surface area contributed by atoms with Crippen molar-refractivity contribution in [3.63, 3.8) is 0 Å². The van der Waals surface area contributed by atoms with E-state index < -0.39 is 64.3 Å². The van der Waals surface area contributed by atoms with Gasteiger partial charge in [-0.2, -0.15) is 0 Å². The lowest BCUT2D eigenvalue weighted by Gasteiger charge is -2.65. The number of benzene rings is 1. The van der Waals surface area contributed by atoms with E-state index in [9.17, 15) is 37.8 Å². The normalized spacial score (nSPS) is 43.8. The Morgan fingerprint density at radius 3 is 1.54 bits per heavy atom. The lowest BCUT2D eigenvalue weighted by molar-refractivity contribution is -0.226. The number of carbonyl (C=O) groups is 3. The first-order valence-corrected chi connectivity index (χ1v) is 32.7. The summed E-state index contributed by atoms with van der Waals surface area (Å²) in [5, 5.41) is 23.9. The van der Waals surface area contributed by atoms with E-state index in [1.165, 1.54) is 13.8 Å². The molecule has 8 unspecified atom stereocenters. The predicted octanol–water partition coefficient (Wildman–Crippen LogP) is 12.8. The zero-order valence-electron chi connectivity index (χ0n) is 49.8. The second-order valence-electron chi connectivity index (χ2n) is 28.2.